The molecule has 0 saturated heterocycles. The van der Waals surface area contributed by atoms with Gasteiger partial charge in [0.05, 0.1) is 16.7 Å². The SMILES string of the molecule is Cc1ccc(-c2n[nH]c3c2C(c2ccc([N+](=O)[O-])cc2)N(c2ccc(Cl)cc2)C3=O)cc1. The van der Waals surface area contributed by atoms with E-state index in [1.54, 1.807) is 41.3 Å². The number of halogens is 1. The number of H-pyrrole nitrogens is 1. The lowest BCUT2D eigenvalue weighted by atomic mass is 9.95. The number of hydrogen-bond acceptors (Lipinski definition) is 4. The number of nitrogens with one attached hydrogen (secondary N) is 1. The summed E-state index contributed by atoms with van der Waals surface area (Å²) in [6.07, 6.45) is 0. The first-order valence-corrected chi connectivity index (χ1v) is 10.3. The van der Waals surface area contributed by atoms with Gasteiger partial charge in [0.25, 0.3) is 11.6 Å². The largest absolute Gasteiger partial charge is 0.295 e. The number of aromatic amines is 1. The Balaban J connectivity index is 1.70. The van der Waals surface area contributed by atoms with Gasteiger partial charge >= 0.3 is 0 Å². The summed E-state index contributed by atoms with van der Waals surface area (Å²) in [5.74, 6) is -0.225. The minimum Gasteiger partial charge on any atom is -0.295 e. The van der Waals surface area contributed by atoms with E-state index in [4.69, 9.17) is 11.6 Å². The van der Waals surface area contributed by atoms with Gasteiger partial charge in [0.2, 0.25) is 0 Å². The third kappa shape index (κ3) is 3.23. The number of carbonyl (C=O) groups excluding carboxylic acids is 1. The molecule has 0 aliphatic carbocycles. The van der Waals surface area contributed by atoms with E-state index in [1.165, 1.54) is 12.1 Å². The van der Waals surface area contributed by atoms with Crippen molar-refractivity contribution in [2.45, 2.75) is 13.0 Å². The summed E-state index contributed by atoms with van der Waals surface area (Å²) in [7, 11) is 0. The molecule has 0 radical (unpaired) electrons. The molecule has 1 amide bonds. The predicted molar refractivity (Wildman–Crippen MR) is 122 cm³/mol. The number of rotatable bonds is 4. The number of nitrogens with zero attached hydrogens (tertiary/aromatic N) is 3. The molecular formula is C24H17ClN4O3. The highest BCUT2D eigenvalue weighted by Gasteiger charge is 2.43. The fourth-order valence-corrected chi connectivity index (χ4v) is 4.17. The number of carbonyl (C=O) groups is 1. The molecule has 3 aromatic carbocycles. The number of fused-ring (bicyclic) bond motifs is 1. The van der Waals surface area contributed by atoms with Crippen LogP contribution in [0.25, 0.3) is 11.3 Å². The van der Waals surface area contributed by atoms with E-state index in [9.17, 15) is 14.9 Å². The third-order valence-corrected chi connectivity index (χ3v) is 5.87. The Labute approximate surface area is 188 Å². The van der Waals surface area contributed by atoms with Crippen molar-refractivity contribution in [3.8, 4) is 11.3 Å². The fraction of sp³-hybridized carbons (Fsp3) is 0.0833. The van der Waals surface area contributed by atoms with E-state index in [0.717, 1.165) is 22.3 Å². The zero-order chi connectivity index (χ0) is 22.4. The molecule has 1 N–H and O–H groups in total. The quantitative estimate of drug-likeness (QED) is 0.323. The van der Waals surface area contributed by atoms with Crippen molar-refractivity contribution in [1.29, 1.82) is 0 Å². The first-order valence-electron chi connectivity index (χ1n) is 9.93. The highest BCUT2D eigenvalue weighted by Crippen LogP contribution is 2.45. The summed E-state index contributed by atoms with van der Waals surface area (Å²) < 4.78 is 0. The lowest BCUT2D eigenvalue weighted by molar-refractivity contribution is -0.384. The second kappa shape index (κ2) is 7.62. The molecule has 0 saturated carbocycles. The molecular weight excluding hydrogens is 428 g/mol. The van der Waals surface area contributed by atoms with Crippen LogP contribution in [-0.4, -0.2) is 21.0 Å². The van der Waals surface area contributed by atoms with E-state index in [1.807, 2.05) is 31.2 Å². The first-order chi connectivity index (χ1) is 15.4. The van der Waals surface area contributed by atoms with Crippen LogP contribution in [0.4, 0.5) is 11.4 Å². The number of aromatic nitrogens is 2. The second-order valence-electron chi connectivity index (χ2n) is 7.63. The Morgan fingerprint density at radius 2 is 1.66 bits per heavy atom. The molecule has 0 spiro atoms. The summed E-state index contributed by atoms with van der Waals surface area (Å²) in [5, 5.41) is 19.1. The van der Waals surface area contributed by atoms with Crippen molar-refractivity contribution in [1.82, 2.24) is 10.2 Å². The molecule has 158 valence electrons. The fourth-order valence-electron chi connectivity index (χ4n) is 4.04. The van der Waals surface area contributed by atoms with E-state index in [2.05, 4.69) is 10.2 Å². The predicted octanol–water partition coefficient (Wildman–Crippen LogP) is 5.70. The Kier molecular flexibility index (Phi) is 4.75. The Morgan fingerprint density at radius 3 is 2.28 bits per heavy atom. The maximum absolute atomic E-state index is 13.5. The Bertz CT molecular complexity index is 1330. The monoisotopic (exact) mass is 444 g/mol. The number of aryl methyl sites for hydroxylation is 1. The number of nitro groups is 1. The maximum Gasteiger partial charge on any atom is 0.277 e. The number of anilines is 1. The van der Waals surface area contributed by atoms with Gasteiger partial charge in [-0.05, 0) is 48.9 Å². The summed E-state index contributed by atoms with van der Waals surface area (Å²) in [5.41, 5.74) is 5.21. The van der Waals surface area contributed by atoms with Crippen molar-refractivity contribution in [3.05, 3.63) is 110 Å². The van der Waals surface area contributed by atoms with Gasteiger partial charge in [0.15, 0.2) is 0 Å². The van der Waals surface area contributed by atoms with E-state index >= 15 is 0 Å². The number of benzene rings is 3. The number of non-ortho nitro benzene ring substituents is 1. The first kappa shape index (κ1) is 20.0. The highest BCUT2D eigenvalue weighted by atomic mass is 35.5. The topological polar surface area (TPSA) is 92.1 Å². The van der Waals surface area contributed by atoms with Crippen molar-refractivity contribution in [2.24, 2.45) is 0 Å². The summed E-state index contributed by atoms with van der Waals surface area (Å²) in [4.78, 5) is 25.8. The van der Waals surface area contributed by atoms with Gasteiger partial charge in [0, 0.05) is 34.0 Å². The van der Waals surface area contributed by atoms with Gasteiger partial charge < -0.3 is 0 Å². The summed E-state index contributed by atoms with van der Waals surface area (Å²) >= 11 is 6.06. The van der Waals surface area contributed by atoms with Crippen LogP contribution >= 0.6 is 11.6 Å². The lowest BCUT2D eigenvalue weighted by Crippen LogP contribution is -2.29. The van der Waals surface area contributed by atoms with Gasteiger partial charge in [-0.2, -0.15) is 5.10 Å². The molecule has 7 nitrogen and oxygen atoms in total. The molecule has 32 heavy (non-hydrogen) atoms. The van der Waals surface area contributed by atoms with Gasteiger partial charge in [-0.25, -0.2) is 0 Å². The molecule has 0 fully saturated rings. The van der Waals surface area contributed by atoms with Crippen molar-refractivity contribution in [2.75, 3.05) is 4.90 Å². The lowest BCUT2D eigenvalue weighted by Gasteiger charge is -2.26. The van der Waals surface area contributed by atoms with Gasteiger partial charge in [0.1, 0.15) is 5.69 Å². The maximum atomic E-state index is 13.5. The molecule has 5 rings (SSSR count). The van der Waals surface area contributed by atoms with Crippen LogP contribution in [0, 0.1) is 17.0 Å². The normalized spacial score (nSPS) is 15.1. The van der Waals surface area contributed by atoms with Crippen LogP contribution in [0.15, 0.2) is 72.8 Å². The number of hydrogen-bond donors (Lipinski definition) is 1. The molecule has 1 aromatic heterocycles. The summed E-state index contributed by atoms with van der Waals surface area (Å²) in [6.45, 7) is 2.00. The molecule has 1 aliphatic heterocycles. The van der Waals surface area contributed by atoms with Gasteiger partial charge in [-0.15, -0.1) is 0 Å². The molecule has 4 aromatic rings. The zero-order valence-corrected chi connectivity index (χ0v) is 17.7. The van der Waals surface area contributed by atoms with Crippen molar-refractivity contribution >= 4 is 28.9 Å². The third-order valence-electron chi connectivity index (χ3n) is 5.62. The molecule has 1 atom stereocenters. The molecule has 1 aliphatic rings. The Morgan fingerprint density at radius 1 is 1.00 bits per heavy atom. The summed E-state index contributed by atoms with van der Waals surface area (Å²) in [6, 6.07) is 20.7. The molecule has 0 bridgehead atoms. The van der Waals surface area contributed by atoms with Gasteiger partial charge in [-0.1, -0.05) is 41.4 Å². The van der Waals surface area contributed by atoms with Gasteiger partial charge in [-0.3, -0.25) is 24.9 Å². The standard InChI is InChI=1S/C24H17ClN4O3/c1-14-2-4-15(5-3-14)21-20-22(27-26-21)24(30)28(18-12-8-17(25)9-13-18)23(20)16-6-10-19(11-7-16)29(31)32/h2-13,23H,1H3,(H,26,27). The highest BCUT2D eigenvalue weighted by molar-refractivity contribution is 6.30. The van der Waals surface area contributed by atoms with Crippen molar-refractivity contribution in [3.63, 3.8) is 0 Å². The van der Waals surface area contributed by atoms with Crippen LogP contribution in [0.3, 0.4) is 0 Å². The zero-order valence-electron chi connectivity index (χ0n) is 16.9. The average Bonchev–Trinajstić information content (AvgIpc) is 3.34. The smallest absolute Gasteiger partial charge is 0.277 e. The van der Waals surface area contributed by atoms with E-state index in [-0.39, 0.29) is 11.6 Å². The molecule has 1 unspecified atom stereocenters. The number of amides is 1. The minimum absolute atomic E-state index is 0.0118. The van der Waals surface area contributed by atoms with Crippen LogP contribution in [0.1, 0.15) is 33.2 Å². The second-order valence-corrected chi connectivity index (χ2v) is 8.07. The van der Waals surface area contributed by atoms with E-state index < -0.39 is 11.0 Å². The Hall–Kier alpha value is -3.97. The van der Waals surface area contributed by atoms with Crippen molar-refractivity contribution < 1.29 is 9.72 Å². The van der Waals surface area contributed by atoms with E-state index in [0.29, 0.717) is 22.1 Å². The number of nitro benzene ring substituents is 1. The molecule has 2 heterocycles. The van der Waals surface area contributed by atoms with Crippen LogP contribution in [0.2, 0.25) is 5.02 Å². The average molecular weight is 445 g/mol. The minimum atomic E-state index is -0.505. The van der Waals surface area contributed by atoms with Crippen LogP contribution in [-0.2, 0) is 0 Å². The molecule has 8 heteroatoms. The van der Waals surface area contributed by atoms with Crippen LogP contribution in [0.5, 0.6) is 0 Å². The van der Waals surface area contributed by atoms with Crippen LogP contribution < -0.4 is 4.90 Å².